The van der Waals surface area contributed by atoms with E-state index in [0.29, 0.717) is 6.42 Å². The second-order valence-electron chi connectivity index (χ2n) is 5.07. The fourth-order valence-corrected chi connectivity index (χ4v) is 2.64. The first-order valence-corrected chi connectivity index (χ1v) is 6.91. The fourth-order valence-electron chi connectivity index (χ4n) is 2.64. The van der Waals surface area contributed by atoms with Crippen LogP contribution in [0.3, 0.4) is 0 Å². The number of hydrogen-bond donors (Lipinski definition) is 3. The van der Waals surface area contributed by atoms with Crippen molar-refractivity contribution in [1.82, 2.24) is 10.4 Å². The summed E-state index contributed by atoms with van der Waals surface area (Å²) in [5, 5.41) is 2.40. The normalized spacial score (nSPS) is 12.4. The summed E-state index contributed by atoms with van der Waals surface area (Å²) >= 11 is 0. The van der Waals surface area contributed by atoms with Gasteiger partial charge in [0.15, 0.2) is 0 Å². The third-order valence-electron chi connectivity index (χ3n) is 3.77. The van der Waals surface area contributed by atoms with Crippen molar-refractivity contribution in [2.75, 3.05) is 5.73 Å². The predicted molar refractivity (Wildman–Crippen MR) is 86.4 cm³/mol. The van der Waals surface area contributed by atoms with Gasteiger partial charge in [0.1, 0.15) is 0 Å². The minimum atomic E-state index is -0.0115. The van der Waals surface area contributed by atoms with Crippen LogP contribution in [0.1, 0.15) is 17.2 Å². The zero-order valence-electron chi connectivity index (χ0n) is 11.7. The molecule has 0 aliphatic carbocycles. The standard InChI is InChI=1S/C17H18N4/c18-16-8-9-20-11-13(16)10-17(21-19)15-7-3-5-12-4-1-2-6-14(12)15/h1-9,11,17,21H,10,19H2,(H2,18,20). The molecule has 0 saturated heterocycles. The van der Waals surface area contributed by atoms with Crippen LogP contribution in [0.4, 0.5) is 5.69 Å². The highest BCUT2D eigenvalue weighted by Crippen LogP contribution is 2.27. The van der Waals surface area contributed by atoms with Crippen LogP contribution in [0.2, 0.25) is 0 Å². The van der Waals surface area contributed by atoms with Gasteiger partial charge in [-0.05, 0) is 34.4 Å². The van der Waals surface area contributed by atoms with Crippen molar-refractivity contribution in [3.63, 3.8) is 0 Å². The lowest BCUT2D eigenvalue weighted by Crippen LogP contribution is -2.30. The van der Waals surface area contributed by atoms with Crippen molar-refractivity contribution in [1.29, 1.82) is 0 Å². The maximum absolute atomic E-state index is 6.01. The van der Waals surface area contributed by atoms with Crippen molar-refractivity contribution < 1.29 is 0 Å². The van der Waals surface area contributed by atoms with E-state index in [-0.39, 0.29) is 6.04 Å². The summed E-state index contributed by atoms with van der Waals surface area (Å²) in [5.74, 6) is 5.78. The highest BCUT2D eigenvalue weighted by molar-refractivity contribution is 5.86. The maximum Gasteiger partial charge on any atom is 0.0507 e. The Morgan fingerprint density at radius 3 is 2.67 bits per heavy atom. The molecule has 1 atom stereocenters. The number of rotatable bonds is 4. The van der Waals surface area contributed by atoms with Crippen molar-refractivity contribution in [2.24, 2.45) is 5.84 Å². The molecule has 0 amide bonds. The number of pyridine rings is 1. The molecule has 0 aliphatic rings. The van der Waals surface area contributed by atoms with Crippen LogP contribution >= 0.6 is 0 Å². The molecule has 0 fully saturated rings. The molecule has 0 saturated carbocycles. The molecule has 0 radical (unpaired) electrons. The van der Waals surface area contributed by atoms with Gasteiger partial charge in [0, 0.05) is 18.1 Å². The van der Waals surface area contributed by atoms with Gasteiger partial charge in [-0.25, -0.2) is 0 Å². The number of hydrogen-bond acceptors (Lipinski definition) is 4. The fraction of sp³-hybridized carbons (Fsp3) is 0.118. The van der Waals surface area contributed by atoms with Gasteiger partial charge in [-0.3, -0.25) is 16.3 Å². The molecule has 1 heterocycles. The maximum atomic E-state index is 6.01. The Labute approximate surface area is 123 Å². The zero-order chi connectivity index (χ0) is 14.7. The van der Waals surface area contributed by atoms with Crippen LogP contribution in [0.25, 0.3) is 10.8 Å². The highest BCUT2D eigenvalue weighted by atomic mass is 15.2. The van der Waals surface area contributed by atoms with E-state index in [0.717, 1.165) is 11.3 Å². The third-order valence-corrected chi connectivity index (χ3v) is 3.77. The molecule has 106 valence electrons. The minimum absolute atomic E-state index is 0.0115. The van der Waals surface area contributed by atoms with Gasteiger partial charge in [-0.1, -0.05) is 42.5 Å². The summed E-state index contributed by atoms with van der Waals surface area (Å²) in [7, 11) is 0. The van der Waals surface area contributed by atoms with Crippen molar-refractivity contribution in [3.8, 4) is 0 Å². The lowest BCUT2D eigenvalue weighted by atomic mass is 9.94. The van der Waals surface area contributed by atoms with Gasteiger partial charge in [-0.15, -0.1) is 0 Å². The summed E-state index contributed by atoms with van der Waals surface area (Å²) < 4.78 is 0. The average molecular weight is 278 g/mol. The molecule has 0 spiro atoms. The molecule has 0 bridgehead atoms. The first-order valence-electron chi connectivity index (χ1n) is 6.91. The second-order valence-corrected chi connectivity index (χ2v) is 5.07. The van der Waals surface area contributed by atoms with Crippen molar-refractivity contribution >= 4 is 16.5 Å². The van der Waals surface area contributed by atoms with Gasteiger partial charge in [0.05, 0.1) is 6.04 Å². The SMILES string of the molecule is NNC(Cc1cnccc1N)c1cccc2ccccc12. The molecule has 2 aromatic carbocycles. The molecule has 5 N–H and O–H groups in total. The Morgan fingerprint density at radius 1 is 1.05 bits per heavy atom. The number of aromatic nitrogens is 1. The zero-order valence-corrected chi connectivity index (χ0v) is 11.7. The Bertz CT molecular complexity index is 749. The first-order chi connectivity index (χ1) is 10.3. The van der Waals surface area contributed by atoms with Crippen LogP contribution in [0.5, 0.6) is 0 Å². The molecule has 0 aliphatic heterocycles. The summed E-state index contributed by atoms with van der Waals surface area (Å²) in [6, 6.07) is 16.3. The molecule has 3 aromatic rings. The molecular weight excluding hydrogens is 260 g/mol. The predicted octanol–water partition coefficient (Wildman–Crippen LogP) is 2.56. The molecule has 21 heavy (non-hydrogen) atoms. The minimum Gasteiger partial charge on any atom is -0.398 e. The van der Waals surface area contributed by atoms with E-state index in [2.05, 4.69) is 40.7 Å². The monoisotopic (exact) mass is 278 g/mol. The smallest absolute Gasteiger partial charge is 0.0507 e. The number of nitrogens with two attached hydrogens (primary N) is 2. The second kappa shape index (κ2) is 5.91. The van der Waals surface area contributed by atoms with Crippen LogP contribution < -0.4 is 17.0 Å². The largest absolute Gasteiger partial charge is 0.398 e. The highest BCUT2D eigenvalue weighted by Gasteiger charge is 2.14. The number of nitrogens with one attached hydrogen (secondary N) is 1. The number of anilines is 1. The number of fused-ring (bicyclic) bond motifs is 1. The summed E-state index contributed by atoms with van der Waals surface area (Å²) in [6.45, 7) is 0. The van der Waals surface area contributed by atoms with Gasteiger partial charge in [0.2, 0.25) is 0 Å². The molecular formula is C17H18N4. The van der Waals surface area contributed by atoms with Gasteiger partial charge >= 0.3 is 0 Å². The topological polar surface area (TPSA) is 77.0 Å². The van der Waals surface area contributed by atoms with Crippen molar-refractivity contribution in [3.05, 3.63) is 72.1 Å². The van der Waals surface area contributed by atoms with Gasteiger partial charge in [-0.2, -0.15) is 0 Å². The Kier molecular flexibility index (Phi) is 3.81. The lowest BCUT2D eigenvalue weighted by molar-refractivity contribution is 0.555. The molecule has 1 unspecified atom stereocenters. The lowest BCUT2D eigenvalue weighted by Gasteiger charge is -2.19. The number of nitrogen functional groups attached to an aromatic ring is 1. The Hall–Kier alpha value is -2.43. The van der Waals surface area contributed by atoms with Gasteiger partial charge in [0.25, 0.3) is 0 Å². The number of benzene rings is 2. The van der Waals surface area contributed by atoms with E-state index in [1.54, 1.807) is 12.4 Å². The molecule has 3 rings (SSSR count). The number of hydrazine groups is 1. The van der Waals surface area contributed by atoms with E-state index < -0.39 is 0 Å². The number of nitrogens with zero attached hydrogens (tertiary/aromatic N) is 1. The van der Waals surface area contributed by atoms with Gasteiger partial charge < -0.3 is 5.73 Å². The summed E-state index contributed by atoms with van der Waals surface area (Å²) in [5.41, 5.74) is 11.8. The average Bonchev–Trinajstić information content (AvgIpc) is 2.54. The van der Waals surface area contributed by atoms with E-state index in [1.807, 2.05) is 18.2 Å². The van der Waals surface area contributed by atoms with E-state index in [1.165, 1.54) is 16.3 Å². The molecule has 1 aromatic heterocycles. The quantitative estimate of drug-likeness (QED) is 0.506. The van der Waals surface area contributed by atoms with E-state index in [4.69, 9.17) is 11.6 Å². The molecule has 4 nitrogen and oxygen atoms in total. The Balaban J connectivity index is 2.01. The van der Waals surface area contributed by atoms with Crippen LogP contribution in [-0.2, 0) is 6.42 Å². The van der Waals surface area contributed by atoms with E-state index >= 15 is 0 Å². The molecule has 4 heteroatoms. The summed E-state index contributed by atoms with van der Waals surface area (Å²) in [6.07, 6.45) is 4.19. The van der Waals surface area contributed by atoms with Crippen LogP contribution in [-0.4, -0.2) is 4.98 Å². The first kappa shape index (κ1) is 13.5. The van der Waals surface area contributed by atoms with Crippen LogP contribution in [0, 0.1) is 0 Å². The third kappa shape index (κ3) is 2.72. The van der Waals surface area contributed by atoms with E-state index in [9.17, 15) is 0 Å². The Morgan fingerprint density at radius 2 is 1.86 bits per heavy atom. The van der Waals surface area contributed by atoms with Crippen LogP contribution in [0.15, 0.2) is 60.9 Å². The van der Waals surface area contributed by atoms with Crippen molar-refractivity contribution in [2.45, 2.75) is 12.5 Å². The summed E-state index contributed by atoms with van der Waals surface area (Å²) in [4.78, 5) is 4.14.